The molecule has 0 unspecified atom stereocenters. The number of allylic oxidation sites excluding steroid dienone is 2. The summed E-state index contributed by atoms with van der Waals surface area (Å²) in [4.78, 5) is 23.6. The summed E-state index contributed by atoms with van der Waals surface area (Å²) < 4.78 is 1.40. The smallest absolute Gasteiger partial charge is 0.328 e. The van der Waals surface area contributed by atoms with E-state index in [1.54, 1.807) is 6.20 Å². The molecule has 0 fully saturated rings. The Morgan fingerprint density at radius 1 is 1.17 bits per heavy atom. The number of ketones is 1. The van der Waals surface area contributed by atoms with Crippen LogP contribution in [0.15, 0.2) is 72.1 Å². The molecule has 0 amide bonds. The summed E-state index contributed by atoms with van der Waals surface area (Å²) in [7, 11) is 0. The molecule has 1 aliphatic carbocycles. The van der Waals surface area contributed by atoms with Gasteiger partial charge in [0.2, 0.25) is 0 Å². The van der Waals surface area contributed by atoms with E-state index in [9.17, 15) is 14.7 Å². The molecular formula is C23H22N4O3. The number of carboxylic acid groups (broad SMARTS) is 1. The molecular weight excluding hydrogens is 380 g/mol. The maximum absolute atomic E-state index is 11.8. The number of hydrogen-bond acceptors (Lipinski definition) is 5. The lowest BCUT2D eigenvalue weighted by Gasteiger charge is -2.12. The number of benzene rings is 2. The first-order chi connectivity index (χ1) is 14.5. The number of rotatable bonds is 7. The zero-order valence-corrected chi connectivity index (χ0v) is 16.6. The van der Waals surface area contributed by atoms with Gasteiger partial charge in [0.25, 0.3) is 0 Å². The quantitative estimate of drug-likeness (QED) is 0.623. The van der Waals surface area contributed by atoms with Gasteiger partial charge < -0.3 is 10.4 Å². The summed E-state index contributed by atoms with van der Waals surface area (Å²) >= 11 is 0. The van der Waals surface area contributed by atoms with Gasteiger partial charge >= 0.3 is 5.97 Å². The van der Waals surface area contributed by atoms with Crippen molar-refractivity contribution in [1.82, 2.24) is 15.0 Å². The summed E-state index contributed by atoms with van der Waals surface area (Å²) in [5.74, 6) is -0.784. The van der Waals surface area contributed by atoms with Gasteiger partial charge in [0.15, 0.2) is 11.8 Å². The minimum Gasteiger partial charge on any atom is -0.480 e. The second-order valence-electron chi connectivity index (χ2n) is 7.36. The number of carboxylic acids is 1. The Balaban J connectivity index is 1.56. The topological polar surface area (TPSA) is 97.1 Å². The number of nitrogens with one attached hydrogen (secondary N) is 1. The number of aliphatic carboxylic acids is 1. The summed E-state index contributed by atoms with van der Waals surface area (Å²) in [6.07, 6.45) is 3.23. The third-order valence-corrected chi connectivity index (χ3v) is 5.31. The van der Waals surface area contributed by atoms with Gasteiger partial charge in [-0.05, 0) is 31.0 Å². The van der Waals surface area contributed by atoms with E-state index in [0.717, 1.165) is 28.1 Å². The summed E-state index contributed by atoms with van der Waals surface area (Å²) in [6, 6.07) is 16.2. The first kappa shape index (κ1) is 19.6. The lowest BCUT2D eigenvalue weighted by atomic mass is 10.1. The first-order valence-electron chi connectivity index (χ1n) is 9.80. The van der Waals surface area contributed by atoms with E-state index < -0.39 is 12.0 Å². The van der Waals surface area contributed by atoms with Crippen LogP contribution in [0.25, 0.3) is 11.3 Å². The second kappa shape index (κ2) is 8.32. The SMILES string of the molecule is CC1=C(Nc2cccc(-c3cn([C@@H](Cc4ccccc4)C(=O)O)nn3)c2)CCC1=O. The molecule has 0 spiro atoms. The van der Waals surface area contributed by atoms with Crippen LogP contribution < -0.4 is 5.32 Å². The first-order valence-corrected chi connectivity index (χ1v) is 9.80. The van der Waals surface area contributed by atoms with Crippen LogP contribution in [-0.2, 0) is 16.0 Å². The largest absolute Gasteiger partial charge is 0.480 e. The normalized spacial score (nSPS) is 14.8. The number of Topliss-reactive ketones (excluding diaryl/α,β-unsaturated/α-hetero) is 1. The Hall–Kier alpha value is -3.74. The van der Waals surface area contributed by atoms with Gasteiger partial charge in [-0.25, -0.2) is 9.48 Å². The van der Waals surface area contributed by atoms with E-state index >= 15 is 0 Å². The van der Waals surface area contributed by atoms with E-state index in [0.29, 0.717) is 25.0 Å². The minimum absolute atomic E-state index is 0.176. The predicted molar refractivity (Wildman–Crippen MR) is 113 cm³/mol. The van der Waals surface area contributed by atoms with Crippen LogP contribution in [0.3, 0.4) is 0 Å². The Morgan fingerprint density at radius 3 is 2.67 bits per heavy atom. The molecule has 2 aromatic carbocycles. The standard InChI is InChI=1S/C23H22N4O3/c1-15-19(10-11-22(15)28)24-18-9-5-8-17(13-18)20-14-27(26-25-20)21(23(29)30)12-16-6-3-2-4-7-16/h2-9,13-14,21,24H,10-12H2,1H3,(H,29,30)/t21-/m0/s1. The van der Waals surface area contributed by atoms with E-state index in [4.69, 9.17) is 0 Å². The summed E-state index contributed by atoms with van der Waals surface area (Å²) in [5, 5.41) is 21.3. The minimum atomic E-state index is -0.959. The fourth-order valence-corrected chi connectivity index (χ4v) is 3.56. The van der Waals surface area contributed by atoms with Crippen molar-refractivity contribution in [2.75, 3.05) is 5.32 Å². The van der Waals surface area contributed by atoms with Crippen molar-refractivity contribution in [3.8, 4) is 11.3 Å². The lowest BCUT2D eigenvalue weighted by molar-refractivity contribution is -0.141. The molecule has 3 aromatic rings. The average molecular weight is 402 g/mol. The van der Waals surface area contributed by atoms with Crippen molar-refractivity contribution in [3.05, 3.63) is 77.6 Å². The monoisotopic (exact) mass is 402 g/mol. The van der Waals surface area contributed by atoms with Crippen LogP contribution in [0.1, 0.15) is 31.4 Å². The molecule has 1 atom stereocenters. The number of hydrogen-bond donors (Lipinski definition) is 2. The molecule has 7 heteroatoms. The number of nitrogens with zero attached hydrogens (tertiary/aromatic N) is 3. The average Bonchev–Trinajstić information content (AvgIpc) is 3.36. The molecule has 152 valence electrons. The Morgan fingerprint density at radius 2 is 1.97 bits per heavy atom. The fourth-order valence-electron chi connectivity index (χ4n) is 3.56. The molecule has 0 aliphatic heterocycles. The second-order valence-corrected chi connectivity index (χ2v) is 7.36. The summed E-state index contributed by atoms with van der Waals surface area (Å²) in [6.45, 7) is 1.84. The van der Waals surface area contributed by atoms with Crippen LogP contribution in [0.5, 0.6) is 0 Å². The Kier molecular flexibility index (Phi) is 5.43. The highest BCUT2D eigenvalue weighted by Crippen LogP contribution is 2.27. The van der Waals surface area contributed by atoms with E-state index in [2.05, 4.69) is 15.6 Å². The molecule has 0 saturated heterocycles. The highest BCUT2D eigenvalue weighted by atomic mass is 16.4. The Bertz CT molecular complexity index is 1120. The van der Waals surface area contributed by atoms with Crippen LogP contribution in [-0.4, -0.2) is 31.9 Å². The van der Waals surface area contributed by atoms with Crippen LogP contribution in [0.4, 0.5) is 5.69 Å². The number of carbonyl (C=O) groups is 2. The van der Waals surface area contributed by atoms with Gasteiger partial charge in [0, 0.05) is 35.4 Å². The van der Waals surface area contributed by atoms with E-state index in [-0.39, 0.29) is 5.78 Å². The number of anilines is 1. The van der Waals surface area contributed by atoms with Gasteiger partial charge in [-0.2, -0.15) is 0 Å². The zero-order valence-electron chi connectivity index (χ0n) is 16.6. The highest BCUT2D eigenvalue weighted by molar-refractivity contribution is 5.98. The highest BCUT2D eigenvalue weighted by Gasteiger charge is 2.22. The molecule has 2 N–H and O–H groups in total. The third-order valence-electron chi connectivity index (χ3n) is 5.31. The van der Waals surface area contributed by atoms with Crippen molar-refractivity contribution in [2.45, 2.75) is 32.2 Å². The Labute approximate surface area is 174 Å². The van der Waals surface area contributed by atoms with Crippen molar-refractivity contribution in [2.24, 2.45) is 0 Å². The van der Waals surface area contributed by atoms with Crippen molar-refractivity contribution in [1.29, 1.82) is 0 Å². The lowest BCUT2D eigenvalue weighted by Crippen LogP contribution is -2.22. The molecule has 1 aliphatic rings. The van der Waals surface area contributed by atoms with Gasteiger partial charge in [-0.3, -0.25) is 4.79 Å². The van der Waals surface area contributed by atoms with Crippen molar-refractivity contribution < 1.29 is 14.7 Å². The molecule has 30 heavy (non-hydrogen) atoms. The van der Waals surface area contributed by atoms with Gasteiger partial charge in [-0.1, -0.05) is 47.7 Å². The maximum atomic E-state index is 11.8. The van der Waals surface area contributed by atoms with Gasteiger partial charge in [0.1, 0.15) is 5.69 Å². The molecule has 1 heterocycles. The maximum Gasteiger partial charge on any atom is 0.328 e. The molecule has 0 radical (unpaired) electrons. The molecule has 0 bridgehead atoms. The number of carbonyl (C=O) groups excluding carboxylic acids is 1. The zero-order chi connectivity index (χ0) is 21.1. The molecule has 4 rings (SSSR count). The van der Waals surface area contributed by atoms with E-state index in [1.165, 1.54) is 4.68 Å². The molecule has 1 aromatic heterocycles. The van der Waals surface area contributed by atoms with Crippen molar-refractivity contribution >= 4 is 17.4 Å². The van der Waals surface area contributed by atoms with Crippen LogP contribution >= 0.6 is 0 Å². The van der Waals surface area contributed by atoms with E-state index in [1.807, 2.05) is 61.5 Å². The predicted octanol–water partition coefficient (Wildman–Crippen LogP) is 3.86. The summed E-state index contributed by atoms with van der Waals surface area (Å²) in [5.41, 5.74) is 4.89. The van der Waals surface area contributed by atoms with Gasteiger partial charge in [-0.15, -0.1) is 5.10 Å². The van der Waals surface area contributed by atoms with Gasteiger partial charge in [0.05, 0.1) is 6.20 Å². The fraction of sp³-hybridized carbons (Fsp3) is 0.217. The number of aromatic nitrogens is 3. The molecule has 0 saturated carbocycles. The van der Waals surface area contributed by atoms with Crippen LogP contribution in [0, 0.1) is 0 Å². The van der Waals surface area contributed by atoms with Crippen LogP contribution in [0.2, 0.25) is 0 Å². The third kappa shape index (κ3) is 4.15. The van der Waals surface area contributed by atoms with Crippen molar-refractivity contribution in [3.63, 3.8) is 0 Å². The molecule has 7 nitrogen and oxygen atoms in total.